The second kappa shape index (κ2) is 6.20. The molecule has 1 aliphatic carbocycles. The molecule has 2 heterocycles. The summed E-state index contributed by atoms with van der Waals surface area (Å²) in [5.41, 5.74) is 0.914. The predicted octanol–water partition coefficient (Wildman–Crippen LogP) is 5.23. The number of rotatable bonds is 4. The van der Waals surface area contributed by atoms with E-state index in [9.17, 15) is 4.79 Å². The Hall–Kier alpha value is -1.89. The van der Waals surface area contributed by atoms with Gasteiger partial charge in [0.2, 0.25) is 0 Å². The SMILES string of the molecule is O=C(Nc1ccsc1-c1nc(C2CC2)no1)c1cc(Cl)ccc1Cl. The number of hydrogen-bond acceptors (Lipinski definition) is 5. The van der Waals surface area contributed by atoms with Crippen molar-refractivity contribution < 1.29 is 9.32 Å². The summed E-state index contributed by atoms with van der Waals surface area (Å²) < 4.78 is 5.33. The summed E-state index contributed by atoms with van der Waals surface area (Å²) in [6, 6.07) is 6.54. The lowest BCUT2D eigenvalue weighted by Gasteiger charge is -2.06. The lowest BCUT2D eigenvalue weighted by Crippen LogP contribution is -2.12. The van der Waals surface area contributed by atoms with E-state index in [-0.39, 0.29) is 5.91 Å². The van der Waals surface area contributed by atoms with Crippen molar-refractivity contribution in [2.45, 2.75) is 18.8 Å². The molecule has 1 aliphatic rings. The van der Waals surface area contributed by atoms with Crippen molar-refractivity contribution in [1.82, 2.24) is 10.1 Å². The van der Waals surface area contributed by atoms with Crippen molar-refractivity contribution >= 4 is 46.1 Å². The first kappa shape index (κ1) is 15.6. The molecule has 0 radical (unpaired) electrons. The Labute approximate surface area is 151 Å². The third-order valence-electron chi connectivity index (χ3n) is 3.66. The van der Waals surface area contributed by atoms with E-state index < -0.39 is 0 Å². The van der Waals surface area contributed by atoms with Crippen LogP contribution < -0.4 is 5.32 Å². The maximum atomic E-state index is 12.5. The second-order valence-electron chi connectivity index (χ2n) is 5.47. The molecular weight excluding hydrogens is 369 g/mol. The molecule has 3 aromatic rings. The molecule has 1 aromatic carbocycles. The fourth-order valence-electron chi connectivity index (χ4n) is 2.27. The van der Waals surface area contributed by atoms with E-state index in [0.717, 1.165) is 23.5 Å². The number of anilines is 1. The second-order valence-corrected chi connectivity index (χ2v) is 7.23. The maximum Gasteiger partial charge on any atom is 0.270 e. The van der Waals surface area contributed by atoms with E-state index >= 15 is 0 Å². The summed E-state index contributed by atoms with van der Waals surface area (Å²) >= 11 is 13.4. The minimum Gasteiger partial charge on any atom is -0.333 e. The first-order valence-corrected chi connectivity index (χ1v) is 8.93. The molecule has 1 N–H and O–H groups in total. The molecule has 1 saturated carbocycles. The van der Waals surface area contributed by atoms with Gasteiger partial charge in [-0.3, -0.25) is 4.79 Å². The van der Waals surface area contributed by atoms with Crippen molar-refractivity contribution in [3.05, 3.63) is 51.1 Å². The zero-order valence-corrected chi connectivity index (χ0v) is 14.6. The molecule has 0 bridgehead atoms. The summed E-state index contributed by atoms with van der Waals surface area (Å²) in [6.45, 7) is 0. The highest BCUT2D eigenvalue weighted by atomic mass is 35.5. The predicted molar refractivity (Wildman–Crippen MR) is 94.0 cm³/mol. The van der Waals surface area contributed by atoms with Gasteiger partial charge in [-0.25, -0.2) is 0 Å². The van der Waals surface area contributed by atoms with Crippen molar-refractivity contribution in [1.29, 1.82) is 0 Å². The molecule has 1 amide bonds. The highest BCUT2D eigenvalue weighted by Crippen LogP contribution is 2.40. The Kier molecular flexibility index (Phi) is 4.04. The number of aromatic nitrogens is 2. The largest absolute Gasteiger partial charge is 0.333 e. The molecule has 2 aromatic heterocycles. The van der Waals surface area contributed by atoms with E-state index in [2.05, 4.69) is 15.5 Å². The Morgan fingerprint density at radius 1 is 1.29 bits per heavy atom. The van der Waals surface area contributed by atoms with Crippen LogP contribution in [0.3, 0.4) is 0 Å². The number of amides is 1. The maximum absolute atomic E-state index is 12.5. The zero-order valence-electron chi connectivity index (χ0n) is 12.3. The van der Waals surface area contributed by atoms with E-state index in [4.69, 9.17) is 27.7 Å². The Bertz CT molecular complexity index is 918. The molecule has 8 heteroatoms. The average molecular weight is 380 g/mol. The summed E-state index contributed by atoms with van der Waals surface area (Å²) in [5.74, 6) is 1.21. The van der Waals surface area contributed by atoms with Crippen LogP contribution in [0.4, 0.5) is 5.69 Å². The van der Waals surface area contributed by atoms with E-state index in [0.29, 0.717) is 33.1 Å². The lowest BCUT2D eigenvalue weighted by molar-refractivity contribution is 0.102. The van der Waals surface area contributed by atoms with Gasteiger partial charge in [-0.15, -0.1) is 11.3 Å². The number of thiophene rings is 1. The smallest absolute Gasteiger partial charge is 0.270 e. The third kappa shape index (κ3) is 3.05. The topological polar surface area (TPSA) is 68.0 Å². The zero-order chi connectivity index (χ0) is 16.7. The Balaban J connectivity index is 1.60. The van der Waals surface area contributed by atoms with Crippen LogP contribution >= 0.6 is 34.5 Å². The summed E-state index contributed by atoms with van der Waals surface area (Å²) in [4.78, 5) is 17.6. The first-order valence-electron chi connectivity index (χ1n) is 7.29. The first-order chi connectivity index (χ1) is 11.6. The Morgan fingerprint density at radius 3 is 2.92 bits per heavy atom. The number of hydrogen-bond donors (Lipinski definition) is 1. The van der Waals surface area contributed by atoms with Gasteiger partial charge in [0, 0.05) is 10.9 Å². The van der Waals surface area contributed by atoms with Gasteiger partial charge in [-0.05, 0) is 42.5 Å². The minimum atomic E-state index is -0.343. The number of benzene rings is 1. The van der Waals surface area contributed by atoms with Crippen LogP contribution in [0, 0.1) is 0 Å². The Morgan fingerprint density at radius 2 is 2.12 bits per heavy atom. The number of nitrogens with zero attached hydrogens (tertiary/aromatic N) is 2. The standard InChI is InChI=1S/C16H11Cl2N3O2S/c17-9-3-4-11(18)10(7-9)15(22)19-12-5-6-24-13(12)16-20-14(21-23-16)8-1-2-8/h3-8H,1-2H2,(H,19,22). The van der Waals surface area contributed by atoms with Crippen molar-refractivity contribution in [3.8, 4) is 10.8 Å². The fourth-order valence-corrected chi connectivity index (χ4v) is 3.41. The van der Waals surface area contributed by atoms with Crippen LogP contribution in [0.25, 0.3) is 10.8 Å². The molecule has 0 saturated heterocycles. The number of halogens is 2. The number of carbonyl (C=O) groups is 1. The monoisotopic (exact) mass is 379 g/mol. The van der Waals surface area contributed by atoms with Gasteiger partial charge in [0.05, 0.1) is 16.3 Å². The lowest BCUT2D eigenvalue weighted by atomic mass is 10.2. The average Bonchev–Trinajstić information content (AvgIpc) is 3.12. The summed E-state index contributed by atoms with van der Waals surface area (Å²) in [5, 5.41) is 9.47. The molecule has 0 aliphatic heterocycles. The quantitative estimate of drug-likeness (QED) is 0.673. The van der Waals surface area contributed by atoms with E-state index in [1.807, 2.05) is 5.38 Å². The molecule has 24 heavy (non-hydrogen) atoms. The third-order valence-corrected chi connectivity index (χ3v) is 5.13. The van der Waals surface area contributed by atoms with Gasteiger partial charge in [0.1, 0.15) is 4.88 Å². The van der Waals surface area contributed by atoms with Crippen molar-refractivity contribution in [2.75, 3.05) is 5.32 Å². The van der Waals surface area contributed by atoms with Crippen LogP contribution in [-0.2, 0) is 0 Å². The molecule has 4 rings (SSSR count). The van der Waals surface area contributed by atoms with Crippen LogP contribution in [0.5, 0.6) is 0 Å². The molecule has 0 unspecified atom stereocenters. The van der Waals surface area contributed by atoms with Crippen molar-refractivity contribution in [2.24, 2.45) is 0 Å². The van der Waals surface area contributed by atoms with Gasteiger partial charge in [0.25, 0.3) is 11.8 Å². The van der Waals surface area contributed by atoms with Crippen LogP contribution in [-0.4, -0.2) is 16.0 Å². The van der Waals surface area contributed by atoms with E-state index in [1.54, 1.807) is 18.2 Å². The normalized spacial score (nSPS) is 13.9. The van der Waals surface area contributed by atoms with Gasteiger partial charge >= 0.3 is 0 Å². The van der Waals surface area contributed by atoms with Gasteiger partial charge in [-0.2, -0.15) is 4.98 Å². The van der Waals surface area contributed by atoms with Crippen LogP contribution in [0.15, 0.2) is 34.2 Å². The minimum absolute atomic E-state index is 0.311. The molecule has 0 atom stereocenters. The highest BCUT2D eigenvalue weighted by molar-refractivity contribution is 7.14. The number of nitrogens with one attached hydrogen (secondary N) is 1. The van der Waals surface area contributed by atoms with Crippen molar-refractivity contribution in [3.63, 3.8) is 0 Å². The molecule has 0 spiro atoms. The number of carbonyl (C=O) groups excluding carboxylic acids is 1. The van der Waals surface area contributed by atoms with Gasteiger partial charge < -0.3 is 9.84 Å². The van der Waals surface area contributed by atoms with Crippen LogP contribution in [0.1, 0.15) is 34.9 Å². The fraction of sp³-hybridized carbons (Fsp3) is 0.188. The molecule has 122 valence electrons. The summed E-state index contributed by atoms with van der Waals surface area (Å²) in [7, 11) is 0. The van der Waals surface area contributed by atoms with Gasteiger partial charge in [-0.1, -0.05) is 28.4 Å². The van der Waals surface area contributed by atoms with Gasteiger partial charge in [0.15, 0.2) is 5.82 Å². The molecule has 1 fully saturated rings. The summed E-state index contributed by atoms with van der Waals surface area (Å²) in [6.07, 6.45) is 2.19. The molecule has 5 nitrogen and oxygen atoms in total. The molecular formula is C16H11Cl2N3O2S. The van der Waals surface area contributed by atoms with E-state index in [1.165, 1.54) is 17.4 Å². The highest BCUT2D eigenvalue weighted by Gasteiger charge is 2.29. The van der Waals surface area contributed by atoms with Crippen LogP contribution in [0.2, 0.25) is 10.0 Å².